The van der Waals surface area contributed by atoms with Gasteiger partial charge in [0.05, 0.1) is 11.3 Å². The molecule has 0 bridgehead atoms. The number of hydrogen-bond acceptors (Lipinski definition) is 3. The zero-order valence-corrected chi connectivity index (χ0v) is 8.85. The van der Waals surface area contributed by atoms with E-state index in [-0.39, 0.29) is 18.0 Å². The molecular weight excluding hydrogens is 259 g/mol. The van der Waals surface area contributed by atoms with E-state index in [1.165, 1.54) is 6.07 Å². The summed E-state index contributed by atoms with van der Waals surface area (Å²) in [7, 11) is 0. The third-order valence-corrected chi connectivity index (χ3v) is 2.05. The van der Waals surface area contributed by atoms with Gasteiger partial charge in [0.25, 0.3) is 0 Å². The molecule has 0 heterocycles. The average molecular weight is 268 g/mol. The molecule has 0 fully saturated rings. The number of carboxylic acids is 1. The minimum Gasteiger partial charge on any atom is -0.478 e. The number of carboxylic acid groups (broad SMARTS) is 1. The van der Waals surface area contributed by atoms with Crippen molar-refractivity contribution in [2.75, 3.05) is 5.43 Å². The summed E-state index contributed by atoms with van der Waals surface area (Å²) in [5.74, 6) is 4.14. The van der Waals surface area contributed by atoms with Crippen molar-refractivity contribution in [3.05, 3.63) is 28.2 Å². The monoisotopic (exact) mass is 266 g/mol. The highest BCUT2D eigenvalue weighted by atomic mass is 79.9. The Morgan fingerprint density at radius 3 is 2.54 bits per heavy atom. The first-order chi connectivity index (χ1) is 5.66. The molecule has 0 amide bonds. The fourth-order valence-corrected chi connectivity index (χ4v) is 1.33. The van der Waals surface area contributed by atoms with Gasteiger partial charge in [0, 0.05) is 4.47 Å². The maximum absolute atomic E-state index is 10.6. The van der Waals surface area contributed by atoms with Crippen LogP contribution in [0.15, 0.2) is 22.7 Å². The summed E-state index contributed by atoms with van der Waals surface area (Å²) in [5, 5.41) is 8.70. The molecule has 1 aromatic rings. The number of anilines is 1. The lowest BCUT2D eigenvalue weighted by molar-refractivity contribution is 0.0698. The van der Waals surface area contributed by atoms with Gasteiger partial charge in [-0.05, 0) is 28.1 Å². The van der Waals surface area contributed by atoms with Crippen molar-refractivity contribution in [2.24, 2.45) is 5.84 Å². The topological polar surface area (TPSA) is 75.3 Å². The Kier molecular flexibility index (Phi) is 4.76. The molecule has 0 saturated carbocycles. The molecule has 72 valence electrons. The van der Waals surface area contributed by atoms with E-state index in [1.807, 2.05) is 0 Å². The van der Waals surface area contributed by atoms with Gasteiger partial charge in [-0.1, -0.05) is 6.07 Å². The maximum atomic E-state index is 10.6. The van der Waals surface area contributed by atoms with Crippen molar-refractivity contribution < 1.29 is 9.90 Å². The van der Waals surface area contributed by atoms with Crippen LogP contribution in [0.2, 0.25) is 0 Å². The zero-order chi connectivity index (χ0) is 9.14. The predicted molar refractivity (Wildman–Crippen MR) is 56.2 cm³/mol. The third kappa shape index (κ3) is 2.58. The van der Waals surface area contributed by atoms with Crippen LogP contribution in [0.1, 0.15) is 10.4 Å². The highest BCUT2D eigenvalue weighted by Gasteiger charge is 2.10. The standard InChI is InChI=1S/C7H7BrN2O2.ClH/c8-5-3-1-2-4(7(11)12)6(5)10-9;/h1-3,10H,9H2,(H,11,12);1H. The van der Waals surface area contributed by atoms with Gasteiger partial charge in [-0.2, -0.15) is 0 Å². The van der Waals surface area contributed by atoms with Crippen molar-refractivity contribution in [2.45, 2.75) is 0 Å². The lowest BCUT2D eigenvalue weighted by Crippen LogP contribution is -2.12. The second-order valence-electron chi connectivity index (χ2n) is 2.11. The lowest BCUT2D eigenvalue weighted by Gasteiger charge is -2.06. The van der Waals surface area contributed by atoms with E-state index in [0.29, 0.717) is 10.2 Å². The van der Waals surface area contributed by atoms with Gasteiger partial charge in [-0.25, -0.2) is 4.79 Å². The molecular formula is C7H8BrClN2O2. The van der Waals surface area contributed by atoms with Gasteiger partial charge in [-0.3, -0.25) is 5.84 Å². The summed E-state index contributed by atoms with van der Waals surface area (Å²) < 4.78 is 0.630. The summed E-state index contributed by atoms with van der Waals surface area (Å²) in [6.45, 7) is 0. The number of hydrogen-bond donors (Lipinski definition) is 3. The molecule has 0 atom stereocenters. The first kappa shape index (κ1) is 12.2. The van der Waals surface area contributed by atoms with Crippen LogP contribution in [-0.2, 0) is 0 Å². The van der Waals surface area contributed by atoms with E-state index in [1.54, 1.807) is 12.1 Å². The molecule has 0 aromatic heterocycles. The average Bonchev–Trinajstić information content (AvgIpc) is 2.03. The quantitative estimate of drug-likeness (QED) is 0.565. The number of carbonyl (C=O) groups is 1. The van der Waals surface area contributed by atoms with E-state index in [9.17, 15) is 4.79 Å². The fraction of sp³-hybridized carbons (Fsp3) is 0. The van der Waals surface area contributed by atoms with E-state index in [2.05, 4.69) is 21.4 Å². The van der Waals surface area contributed by atoms with Gasteiger partial charge in [0.15, 0.2) is 0 Å². The first-order valence-electron chi connectivity index (χ1n) is 3.15. The summed E-state index contributed by atoms with van der Waals surface area (Å²) in [6.07, 6.45) is 0. The van der Waals surface area contributed by atoms with E-state index >= 15 is 0 Å². The Hall–Kier alpha value is -0.780. The highest BCUT2D eigenvalue weighted by Crippen LogP contribution is 2.25. The number of rotatable bonds is 2. The van der Waals surface area contributed by atoms with Crippen molar-refractivity contribution in [1.29, 1.82) is 0 Å². The molecule has 0 spiro atoms. The number of aromatic carboxylic acids is 1. The number of halogens is 2. The smallest absolute Gasteiger partial charge is 0.337 e. The SMILES string of the molecule is Cl.NNc1c(Br)cccc1C(=O)O. The molecule has 4 nitrogen and oxygen atoms in total. The minimum atomic E-state index is -1.01. The number of hydrazine groups is 1. The van der Waals surface area contributed by atoms with Crippen molar-refractivity contribution >= 4 is 40.0 Å². The third-order valence-electron chi connectivity index (χ3n) is 1.39. The van der Waals surface area contributed by atoms with Gasteiger partial charge >= 0.3 is 5.97 Å². The molecule has 0 aliphatic heterocycles. The van der Waals surface area contributed by atoms with E-state index in [4.69, 9.17) is 10.9 Å². The maximum Gasteiger partial charge on any atom is 0.337 e. The van der Waals surface area contributed by atoms with Gasteiger partial charge in [0.2, 0.25) is 0 Å². The molecule has 4 N–H and O–H groups in total. The fourth-order valence-electron chi connectivity index (χ4n) is 0.849. The lowest BCUT2D eigenvalue weighted by atomic mass is 10.2. The Morgan fingerprint density at radius 1 is 1.54 bits per heavy atom. The molecule has 0 radical (unpaired) electrons. The summed E-state index contributed by atoms with van der Waals surface area (Å²) in [6, 6.07) is 4.82. The van der Waals surface area contributed by atoms with Crippen molar-refractivity contribution in [3.63, 3.8) is 0 Å². The van der Waals surface area contributed by atoms with Crippen LogP contribution in [-0.4, -0.2) is 11.1 Å². The Labute approximate surface area is 89.6 Å². The second kappa shape index (κ2) is 5.06. The summed E-state index contributed by atoms with van der Waals surface area (Å²) in [5.41, 5.74) is 2.84. The van der Waals surface area contributed by atoms with E-state index < -0.39 is 5.97 Å². The van der Waals surface area contributed by atoms with Crippen LogP contribution in [0.5, 0.6) is 0 Å². The van der Waals surface area contributed by atoms with Crippen LogP contribution in [0, 0.1) is 0 Å². The van der Waals surface area contributed by atoms with Gasteiger partial charge < -0.3 is 10.5 Å². The number of benzene rings is 1. The largest absolute Gasteiger partial charge is 0.478 e. The van der Waals surface area contributed by atoms with Crippen LogP contribution >= 0.6 is 28.3 Å². The first-order valence-corrected chi connectivity index (χ1v) is 3.94. The zero-order valence-electron chi connectivity index (χ0n) is 6.45. The normalized spacial score (nSPS) is 8.77. The number of para-hydroxylation sites is 1. The molecule has 13 heavy (non-hydrogen) atoms. The van der Waals surface area contributed by atoms with Gasteiger partial charge in [0.1, 0.15) is 0 Å². The van der Waals surface area contributed by atoms with Crippen LogP contribution in [0.25, 0.3) is 0 Å². The molecule has 1 aromatic carbocycles. The predicted octanol–water partition coefficient (Wildman–Crippen LogP) is 1.85. The van der Waals surface area contributed by atoms with Gasteiger partial charge in [-0.15, -0.1) is 12.4 Å². The van der Waals surface area contributed by atoms with Crippen molar-refractivity contribution in [3.8, 4) is 0 Å². The second-order valence-corrected chi connectivity index (χ2v) is 2.97. The molecule has 1 rings (SSSR count). The minimum absolute atomic E-state index is 0. The van der Waals surface area contributed by atoms with Crippen molar-refractivity contribution in [1.82, 2.24) is 0 Å². The molecule has 0 unspecified atom stereocenters. The molecule has 0 saturated heterocycles. The number of nitrogen functional groups attached to an aromatic ring is 1. The van der Waals surface area contributed by atoms with Crippen LogP contribution < -0.4 is 11.3 Å². The molecule has 0 aliphatic carbocycles. The highest BCUT2D eigenvalue weighted by molar-refractivity contribution is 9.10. The Morgan fingerprint density at radius 2 is 2.15 bits per heavy atom. The number of nitrogens with one attached hydrogen (secondary N) is 1. The molecule has 6 heteroatoms. The Balaban J connectivity index is 0.00000144. The molecule has 0 aliphatic rings. The summed E-state index contributed by atoms with van der Waals surface area (Å²) >= 11 is 3.17. The summed E-state index contributed by atoms with van der Waals surface area (Å²) in [4.78, 5) is 10.6. The van der Waals surface area contributed by atoms with Crippen LogP contribution in [0.3, 0.4) is 0 Å². The number of nitrogens with two attached hydrogens (primary N) is 1. The Bertz CT molecular complexity index is 319. The van der Waals surface area contributed by atoms with E-state index in [0.717, 1.165) is 0 Å². The van der Waals surface area contributed by atoms with Crippen LogP contribution in [0.4, 0.5) is 5.69 Å².